The van der Waals surface area contributed by atoms with Gasteiger partial charge in [-0.3, -0.25) is 0 Å². The van der Waals surface area contributed by atoms with E-state index in [1.807, 2.05) is 54.6 Å². The fraction of sp³-hybridized carbons (Fsp3) is 0.145. The van der Waals surface area contributed by atoms with Crippen molar-refractivity contribution >= 4 is 48.1 Å². The molecule has 0 saturated heterocycles. The van der Waals surface area contributed by atoms with Crippen LogP contribution in [0.5, 0.6) is 0 Å². The van der Waals surface area contributed by atoms with Crippen LogP contribution in [0.15, 0.2) is 188 Å². The van der Waals surface area contributed by atoms with E-state index >= 15 is 0 Å². The van der Waals surface area contributed by atoms with E-state index in [4.69, 9.17) is 11.6 Å². The van der Waals surface area contributed by atoms with Crippen LogP contribution >= 0.6 is 11.6 Å². The van der Waals surface area contributed by atoms with Gasteiger partial charge in [0.05, 0.1) is 0 Å². The zero-order valence-electron chi connectivity index (χ0n) is 34.0. The van der Waals surface area contributed by atoms with Gasteiger partial charge in [0.15, 0.2) is 0 Å². The van der Waals surface area contributed by atoms with Gasteiger partial charge in [0.2, 0.25) is 0 Å². The second-order valence-electron chi connectivity index (χ2n) is 15.8. The summed E-state index contributed by atoms with van der Waals surface area (Å²) < 4.78 is 3.34. The molecule has 0 aromatic heterocycles. The molecule has 0 aliphatic carbocycles. The molecule has 0 bridgehead atoms. The molecule has 0 amide bonds. The summed E-state index contributed by atoms with van der Waals surface area (Å²) in [5.74, 6) is 0. The van der Waals surface area contributed by atoms with E-state index in [9.17, 15) is 0 Å². The first-order valence-corrected chi connectivity index (χ1v) is 21.4. The van der Waals surface area contributed by atoms with Crippen molar-refractivity contribution in [2.24, 2.45) is 0 Å². The molecule has 286 valence electrons. The maximum absolute atomic E-state index is 5.52. The fourth-order valence-corrected chi connectivity index (χ4v) is 6.94. The molecule has 0 N–H and O–H groups in total. The standard InChI is InChI=1S/C33H33.C10H7.C6H4Cl.C5H5.CH2.Zr/c1-32(2,3)30-20-26-24(18-28(30)22-13-9-7-10-14-22)17-25-19-29(23-15-11-8-12-16-23)31(21-27(25)26)33(4,5)6;1-2-6-10-8-4-3-7-9(10)5-1;7-6-4-2-1-3-5-6;1-2-4-5-3-1;;/h7-21H,1-6H3;1-7H;2-5H;1-5H;1H2;/q4*-1;;. The van der Waals surface area contributed by atoms with Crippen molar-refractivity contribution in [2.75, 3.05) is 0 Å². The van der Waals surface area contributed by atoms with Crippen LogP contribution in [0.4, 0.5) is 0 Å². The fourth-order valence-electron chi connectivity index (χ4n) is 6.81. The Balaban J connectivity index is 0.000000206. The van der Waals surface area contributed by atoms with Gasteiger partial charge < -0.3 is 0 Å². The summed E-state index contributed by atoms with van der Waals surface area (Å²) in [5, 5.41) is 8.57. The summed E-state index contributed by atoms with van der Waals surface area (Å²) in [6.07, 6.45) is 0. The predicted molar refractivity (Wildman–Crippen MR) is 248 cm³/mol. The van der Waals surface area contributed by atoms with Gasteiger partial charge in [-0.05, 0) is 44.2 Å². The van der Waals surface area contributed by atoms with Crippen molar-refractivity contribution < 1.29 is 24.2 Å². The second kappa shape index (κ2) is 20.5. The van der Waals surface area contributed by atoms with Gasteiger partial charge in [-0.1, -0.05) is 131 Å². The summed E-state index contributed by atoms with van der Waals surface area (Å²) in [7, 11) is 0. The molecule has 0 heterocycles. The largest absolute Gasteiger partial charge is 0.214 e. The molecule has 9 aromatic rings. The SMILES string of the molecule is CC(C)(C)c1cc2c(cc1-c1ccccc1)[cH-]c1cc(-c3ccccc3)c(C(C)(C)C)cc12.Clc1cc[c-]cc1.[CH2]=[Zr].[c-]1cccc2ccccc12.c1cc[cH-]c1. The van der Waals surface area contributed by atoms with Gasteiger partial charge in [-0.2, -0.15) is 48.5 Å². The number of fused-ring (bicyclic) bond motifs is 4. The molecule has 0 unspecified atom stereocenters. The van der Waals surface area contributed by atoms with Crippen LogP contribution < -0.4 is 0 Å². The summed E-state index contributed by atoms with van der Waals surface area (Å²) in [6.45, 7) is 13.9. The summed E-state index contributed by atoms with van der Waals surface area (Å²) in [6, 6.07) is 71.1. The molecule has 0 spiro atoms. The van der Waals surface area contributed by atoms with Gasteiger partial charge >= 0.3 is 28.4 Å². The number of rotatable bonds is 2. The minimum atomic E-state index is 0.0554. The van der Waals surface area contributed by atoms with Crippen LogP contribution in [-0.2, 0) is 35.1 Å². The van der Waals surface area contributed by atoms with Crippen LogP contribution in [0.2, 0.25) is 5.02 Å². The molecule has 9 aromatic carbocycles. The third kappa shape index (κ3) is 11.8. The third-order valence-electron chi connectivity index (χ3n) is 9.57. The average Bonchev–Trinajstić information content (AvgIpc) is 3.94. The van der Waals surface area contributed by atoms with E-state index in [2.05, 4.69) is 167 Å². The average molecular weight is 839 g/mol. The van der Waals surface area contributed by atoms with Crippen LogP contribution in [0.1, 0.15) is 52.7 Å². The van der Waals surface area contributed by atoms with Gasteiger partial charge in [-0.15, -0.1) is 98.5 Å². The third-order valence-corrected chi connectivity index (χ3v) is 9.82. The maximum atomic E-state index is 5.52. The second-order valence-corrected chi connectivity index (χ2v) is 16.2. The smallest absolute Gasteiger partial charge is 0.0801 e. The first kappa shape index (κ1) is 43.2. The molecule has 0 radical (unpaired) electrons. The topological polar surface area (TPSA) is 0 Å². The van der Waals surface area contributed by atoms with E-state index in [1.165, 1.54) is 89.9 Å². The molecule has 0 atom stereocenters. The molecule has 9 rings (SSSR count). The maximum Gasteiger partial charge on any atom is -0.0801 e. The minimum Gasteiger partial charge on any atom is -0.214 e. The summed E-state index contributed by atoms with van der Waals surface area (Å²) in [4.78, 5) is 0. The van der Waals surface area contributed by atoms with Gasteiger partial charge in [0.25, 0.3) is 0 Å². The molecule has 0 saturated carbocycles. The monoisotopic (exact) mass is 836 g/mol. The Morgan fingerprint density at radius 1 is 0.526 bits per heavy atom. The zero-order chi connectivity index (χ0) is 40.8. The predicted octanol–water partition coefficient (Wildman–Crippen LogP) is 15.8. The Hall–Kier alpha value is -4.94. The normalized spacial score (nSPS) is 10.8. The summed E-state index contributed by atoms with van der Waals surface area (Å²) in [5.41, 5.74) is 8.16. The Labute approximate surface area is 360 Å². The van der Waals surface area contributed by atoms with Gasteiger partial charge in [0.1, 0.15) is 0 Å². The van der Waals surface area contributed by atoms with Crippen molar-refractivity contribution in [1.29, 1.82) is 0 Å². The molecule has 0 fully saturated rings. The number of halogens is 1. The number of hydrogen-bond acceptors (Lipinski definition) is 0. The molecular formula is C55H51ClZr-4. The zero-order valence-corrected chi connectivity index (χ0v) is 37.2. The number of hydrogen-bond donors (Lipinski definition) is 0. The summed E-state index contributed by atoms with van der Waals surface area (Å²) >= 11 is 6.82. The van der Waals surface area contributed by atoms with Gasteiger partial charge in [0, 0.05) is 0 Å². The number of benzene rings is 7. The van der Waals surface area contributed by atoms with E-state index in [-0.39, 0.29) is 10.8 Å². The van der Waals surface area contributed by atoms with Crippen LogP contribution in [0, 0.1) is 12.1 Å². The molecule has 0 aliphatic rings. The first-order chi connectivity index (χ1) is 27.5. The van der Waals surface area contributed by atoms with E-state index in [0.29, 0.717) is 0 Å². The van der Waals surface area contributed by atoms with Crippen molar-refractivity contribution in [2.45, 2.75) is 52.4 Å². The molecule has 0 nitrogen and oxygen atoms in total. The Morgan fingerprint density at radius 2 is 0.982 bits per heavy atom. The van der Waals surface area contributed by atoms with Crippen molar-refractivity contribution in [3.8, 4) is 22.3 Å². The quantitative estimate of drug-likeness (QED) is 0.152. The Kier molecular flexibility index (Phi) is 15.5. The van der Waals surface area contributed by atoms with Crippen molar-refractivity contribution in [1.82, 2.24) is 0 Å². The van der Waals surface area contributed by atoms with E-state index < -0.39 is 0 Å². The molecular weight excluding hydrogens is 787 g/mol. The van der Waals surface area contributed by atoms with Gasteiger partial charge in [-0.25, -0.2) is 12.1 Å². The van der Waals surface area contributed by atoms with Crippen molar-refractivity contribution in [3.63, 3.8) is 0 Å². The minimum absolute atomic E-state index is 0.0554. The van der Waals surface area contributed by atoms with Crippen LogP contribution in [-0.4, -0.2) is 4.21 Å². The van der Waals surface area contributed by atoms with E-state index in [0.717, 1.165) is 5.02 Å². The molecule has 0 aliphatic heterocycles. The first-order valence-electron chi connectivity index (χ1n) is 19.3. The van der Waals surface area contributed by atoms with E-state index in [1.54, 1.807) is 24.3 Å². The Bertz CT molecular complexity index is 2350. The molecule has 57 heavy (non-hydrogen) atoms. The van der Waals surface area contributed by atoms with Crippen LogP contribution in [0.3, 0.4) is 0 Å². The Morgan fingerprint density at radius 3 is 1.39 bits per heavy atom. The van der Waals surface area contributed by atoms with Crippen LogP contribution in [0.25, 0.3) is 54.6 Å². The van der Waals surface area contributed by atoms with Crippen molar-refractivity contribution in [3.05, 3.63) is 216 Å². The molecule has 2 heteroatoms.